The summed E-state index contributed by atoms with van der Waals surface area (Å²) in [7, 11) is 1.79. The molecule has 0 bridgehead atoms. The van der Waals surface area contributed by atoms with Crippen LogP contribution in [0.3, 0.4) is 0 Å². The third-order valence-corrected chi connectivity index (χ3v) is 3.60. The molecule has 1 rings (SSSR count). The van der Waals surface area contributed by atoms with Gasteiger partial charge >= 0.3 is 0 Å². The number of ether oxygens (including phenoxy) is 1. The molecule has 0 aromatic carbocycles. The molecule has 1 N–H and O–H groups in total. The first-order valence-electron chi connectivity index (χ1n) is 7.21. The lowest BCUT2D eigenvalue weighted by molar-refractivity contribution is 0.131. The maximum atomic E-state index is 5.22. The van der Waals surface area contributed by atoms with E-state index in [0.29, 0.717) is 6.04 Å². The topological polar surface area (TPSA) is 24.5 Å². The first-order valence-corrected chi connectivity index (χ1v) is 7.21. The highest BCUT2D eigenvalue weighted by Crippen LogP contribution is 2.11. The Balaban J connectivity index is 2.30. The van der Waals surface area contributed by atoms with E-state index in [2.05, 4.69) is 24.1 Å². The summed E-state index contributed by atoms with van der Waals surface area (Å²) in [5, 5.41) is 3.59. The molecular formula is C14H30N2O. The molecule has 1 aliphatic rings. The second-order valence-electron chi connectivity index (χ2n) is 5.44. The molecule has 3 nitrogen and oxygen atoms in total. The lowest BCUT2D eigenvalue weighted by Crippen LogP contribution is -2.41. The standard InChI is InChI=1S/C14H30N2O/c1-4-6-13(2)11-16(9-10-17-3)12-14-7-5-8-15-14/h13-15H,4-12H2,1-3H3. The van der Waals surface area contributed by atoms with Gasteiger partial charge in [-0.3, -0.25) is 4.90 Å². The molecule has 1 heterocycles. The predicted octanol–water partition coefficient (Wildman–Crippen LogP) is 2.12. The minimum Gasteiger partial charge on any atom is -0.383 e. The van der Waals surface area contributed by atoms with Gasteiger partial charge in [-0.15, -0.1) is 0 Å². The molecule has 17 heavy (non-hydrogen) atoms. The third-order valence-electron chi connectivity index (χ3n) is 3.60. The van der Waals surface area contributed by atoms with E-state index in [0.717, 1.165) is 19.1 Å². The highest BCUT2D eigenvalue weighted by atomic mass is 16.5. The van der Waals surface area contributed by atoms with Gasteiger partial charge in [0.15, 0.2) is 0 Å². The van der Waals surface area contributed by atoms with E-state index in [9.17, 15) is 0 Å². The van der Waals surface area contributed by atoms with E-state index in [-0.39, 0.29) is 0 Å². The van der Waals surface area contributed by atoms with Crippen molar-refractivity contribution in [3.8, 4) is 0 Å². The molecule has 0 spiro atoms. The fourth-order valence-electron chi connectivity index (χ4n) is 2.73. The normalized spacial score (nSPS) is 22.2. The van der Waals surface area contributed by atoms with Crippen molar-refractivity contribution in [2.75, 3.05) is 39.9 Å². The Morgan fingerprint density at radius 1 is 1.47 bits per heavy atom. The van der Waals surface area contributed by atoms with Crippen LogP contribution in [0.1, 0.15) is 39.5 Å². The van der Waals surface area contributed by atoms with Gasteiger partial charge in [0, 0.05) is 32.8 Å². The second kappa shape index (κ2) is 8.90. The number of rotatable bonds is 9. The van der Waals surface area contributed by atoms with Crippen LogP contribution in [0.5, 0.6) is 0 Å². The number of methoxy groups -OCH3 is 1. The average molecular weight is 242 g/mol. The van der Waals surface area contributed by atoms with Crippen molar-refractivity contribution in [1.82, 2.24) is 10.2 Å². The van der Waals surface area contributed by atoms with Crippen LogP contribution in [0.25, 0.3) is 0 Å². The van der Waals surface area contributed by atoms with Crippen LogP contribution in [0.2, 0.25) is 0 Å². The van der Waals surface area contributed by atoms with Gasteiger partial charge in [-0.25, -0.2) is 0 Å². The zero-order chi connectivity index (χ0) is 12.5. The van der Waals surface area contributed by atoms with Gasteiger partial charge in [-0.2, -0.15) is 0 Å². The van der Waals surface area contributed by atoms with E-state index < -0.39 is 0 Å². The smallest absolute Gasteiger partial charge is 0.0589 e. The summed E-state index contributed by atoms with van der Waals surface area (Å²) >= 11 is 0. The van der Waals surface area contributed by atoms with E-state index in [1.54, 1.807) is 7.11 Å². The Labute approximate surface area is 107 Å². The van der Waals surface area contributed by atoms with Gasteiger partial charge in [0.1, 0.15) is 0 Å². The Morgan fingerprint density at radius 3 is 2.88 bits per heavy atom. The fourth-order valence-corrected chi connectivity index (χ4v) is 2.73. The van der Waals surface area contributed by atoms with Gasteiger partial charge < -0.3 is 10.1 Å². The summed E-state index contributed by atoms with van der Waals surface area (Å²) in [5.41, 5.74) is 0. The maximum absolute atomic E-state index is 5.22. The molecule has 2 unspecified atom stereocenters. The first-order chi connectivity index (χ1) is 8.26. The maximum Gasteiger partial charge on any atom is 0.0589 e. The minimum atomic E-state index is 0.709. The Morgan fingerprint density at radius 2 is 2.29 bits per heavy atom. The SMILES string of the molecule is CCCC(C)CN(CCOC)CC1CCCN1. The summed E-state index contributed by atoms with van der Waals surface area (Å²) in [5.74, 6) is 0.804. The highest BCUT2D eigenvalue weighted by molar-refractivity contribution is 4.78. The minimum absolute atomic E-state index is 0.709. The van der Waals surface area contributed by atoms with E-state index in [1.165, 1.54) is 45.3 Å². The van der Waals surface area contributed by atoms with Crippen LogP contribution >= 0.6 is 0 Å². The van der Waals surface area contributed by atoms with Gasteiger partial charge in [0.25, 0.3) is 0 Å². The third kappa shape index (κ3) is 6.39. The average Bonchev–Trinajstić information content (AvgIpc) is 2.79. The number of hydrogen-bond donors (Lipinski definition) is 1. The molecule has 0 amide bonds. The second-order valence-corrected chi connectivity index (χ2v) is 5.44. The summed E-state index contributed by atoms with van der Waals surface area (Å²) < 4.78 is 5.22. The first kappa shape index (κ1) is 14.9. The van der Waals surface area contributed by atoms with Crippen molar-refractivity contribution in [2.24, 2.45) is 5.92 Å². The zero-order valence-corrected chi connectivity index (χ0v) is 11.9. The molecular weight excluding hydrogens is 212 g/mol. The van der Waals surface area contributed by atoms with Crippen molar-refractivity contribution < 1.29 is 4.74 Å². The van der Waals surface area contributed by atoms with E-state index in [1.807, 2.05) is 0 Å². The van der Waals surface area contributed by atoms with Gasteiger partial charge in [0.2, 0.25) is 0 Å². The summed E-state index contributed by atoms with van der Waals surface area (Å²) in [6, 6.07) is 0.709. The Hall–Kier alpha value is -0.120. The van der Waals surface area contributed by atoms with E-state index >= 15 is 0 Å². The molecule has 1 aliphatic heterocycles. The van der Waals surface area contributed by atoms with Crippen molar-refractivity contribution in [3.63, 3.8) is 0 Å². The molecule has 102 valence electrons. The Kier molecular flexibility index (Phi) is 7.82. The molecule has 3 heteroatoms. The predicted molar refractivity (Wildman–Crippen MR) is 73.4 cm³/mol. The van der Waals surface area contributed by atoms with Crippen LogP contribution < -0.4 is 5.32 Å². The van der Waals surface area contributed by atoms with Crippen LogP contribution in [0.4, 0.5) is 0 Å². The molecule has 0 saturated carbocycles. The number of nitrogens with zero attached hydrogens (tertiary/aromatic N) is 1. The molecule has 0 aliphatic carbocycles. The summed E-state index contributed by atoms with van der Waals surface area (Å²) in [6.45, 7) is 10.2. The van der Waals surface area contributed by atoms with Crippen LogP contribution in [-0.2, 0) is 4.74 Å². The van der Waals surface area contributed by atoms with Gasteiger partial charge in [0.05, 0.1) is 6.61 Å². The van der Waals surface area contributed by atoms with Crippen molar-refractivity contribution in [3.05, 3.63) is 0 Å². The number of nitrogens with one attached hydrogen (secondary N) is 1. The molecule has 0 radical (unpaired) electrons. The molecule has 1 saturated heterocycles. The summed E-state index contributed by atoms with van der Waals surface area (Å²) in [4.78, 5) is 2.58. The molecule has 2 atom stereocenters. The van der Waals surface area contributed by atoms with Crippen molar-refractivity contribution >= 4 is 0 Å². The molecule has 0 aromatic heterocycles. The Bertz CT molecular complexity index is 181. The lowest BCUT2D eigenvalue weighted by Gasteiger charge is -2.28. The molecule has 0 aromatic rings. The molecule has 1 fully saturated rings. The highest BCUT2D eigenvalue weighted by Gasteiger charge is 2.18. The summed E-state index contributed by atoms with van der Waals surface area (Å²) in [6.07, 6.45) is 5.31. The number of hydrogen-bond acceptors (Lipinski definition) is 3. The van der Waals surface area contributed by atoms with E-state index in [4.69, 9.17) is 4.74 Å². The van der Waals surface area contributed by atoms with Gasteiger partial charge in [-0.1, -0.05) is 20.3 Å². The van der Waals surface area contributed by atoms with Crippen molar-refractivity contribution in [1.29, 1.82) is 0 Å². The lowest BCUT2D eigenvalue weighted by atomic mass is 10.1. The van der Waals surface area contributed by atoms with Gasteiger partial charge in [-0.05, 0) is 31.7 Å². The zero-order valence-electron chi connectivity index (χ0n) is 11.9. The fraction of sp³-hybridized carbons (Fsp3) is 1.00. The quantitative estimate of drug-likeness (QED) is 0.670. The van der Waals surface area contributed by atoms with Crippen molar-refractivity contribution in [2.45, 2.75) is 45.6 Å². The van der Waals surface area contributed by atoms with Crippen LogP contribution in [0, 0.1) is 5.92 Å². The van der Waals surface area contributed by atoms with Crippen LogP contribution in [0.15, 0.2) is 0 Å². The monoisotopic (exact) mass is 242 g/mol. The van der Waals surface area contributed by atoms with Crippen LogP contribution in [-0.4, -0.2) is 50.8 Å². The largest absolute Gasteiger partial charge is 0.383 e.